The van der Waals surface area contributed by atoms with Crippen molar-refractivity contribution in [1.82, 2.24) is 0 Å². The van der Waals surface area contributed by atoms with Crippen molar-refractivity contribution in [3.63, 3.8) is 0 Å². The number of benzene rings is 1. The van der Waals surface area contributed by atoms with E-state index >= 15 is 0 Å². The van der Waals surface area contributed by atoms with Gasteiger partial charge in [0.2, 0.25) is 0 Å². The molecule has 2 rings (SSSR count). The molecule has 1 fully saturated rings. The van der Waals surface area contributed by atoms with Gasteiger partial charge in [0.15, 0.2) is 0 Å². The molecule has 1 aliphatic carbocycles. The number of hydrogen-bond acceptors (Lipinski definition) is 2. The van der Waals surface area contributed by atoms with Gasteiger partial charge >= 0.3 is 0 Å². The average molecular weight is 218 g/mol. The minimum atomic E-state index is -0.0446. The van der Waals surface area contributed by atoms with Crippen molar-refractivity contribution >= 4 is 5.69 Å². The van der Waals surface area contributed by atoms with Crippen LogP contribution in [0.5, 0.6) is 0 Å². The van der Waals surface area contributed by atoms with Gasteiger partial charge in [-0.1, -0.05) is 18.2 Å². The van der Waals surface area contributed by atoms with Crippen molar-refractivity contribution in [1.29, 1.82) is 0 Å². The second kappa shape index (κ2) is 4.10. The van der Waals surface area contributed by atoms with Crippen molar-refractivity contribution in [2.45, 2.75) is 32.2 Å². The van der Waals surface area contributed by atoms with Gasteiger partial charge in [-0.2, -0.15) is 0 Å². The van der Waals surface area contributed by atoms with Gasteiger partial charge in [-0.3, -0.25) is 0 Å². The van der Waals surface area contributed by atoms with Crippen LogP contribution in [0.3, 0.4) is 0 Å². The Kier molecular flexibility index (Phi) is 2.94. The topological polar surface area (TPSA) is 29.3 Å². The maximum atomic E-state index is 6.37. The third-order valence-corrected chi connectivity index (χ3v) is 3.61. The fourth-order valence-electron chi connectivity index (χ4n) is 2.46. The first kappa shape index (κ1) is 11.5. The molecule has 88 valence electrons. The lowest BCUT2D eigenvalue weighted by molar-refractivity contribution is 0.412. The number of aryl methyl sites for hydroxylation is 1. The molecule has 2 heteroatoms. The molecule has 1 aromatic rings. The van der Waals surface area contributed by atoms with Crippen molar-refractivity contribution < 1.29 is 0 Å². The Morgan fingerprint density at radius 3 is 2.56 bits per heavy atom. The Balaban J connectivity index is 2.08. The number of nitrogens with zero attached hydrogens (tertiary/aromatic N) is 1. The van der Waals surface area contributed by atoms with Gasteiger partial charge in [-0.15, -0.1) is 0 Å². The minimum Gasteiger partial charge on any atom is -0.373 e. The zero-order chi connectivity index (χ0) is 11.8. The first-order valence-electron chi connectivity index (χ1n) is 6.06. The lowest BCUT2D eigenvalue weighted by atomic mass is 9.96. The Labute approximate surface area is 98.4 Å². The Hall–Kier alpha value is -1.02. The minimum absolute atomic E-state index is 0.0446. The van der Waals surface area contributed by atoms with Crippen LogP contribution in [0.4, 0.5) is 5.69 Å². The van der Waals surface area contributed by atoms with Gasteiger partial charge < -0.3 is 10.6 Å². The third-order valence-electron chi connectivity index (χ3n) is 3.61. The van der Waals surface area contributed by atoms with Crippen molar-refractivity contribution in [3.8, 4) is 0 Å². The van der Waals surface area contributed by atoms with E-state index in [0.717, 1.165) is 12.5 Å². The van der Waals surface area contributed by atoms with Crippen LogP contribution in [-0.4, -0.2) is 19.1 Å². The highest BCUT2D eigenvalue weighted by Crippen LogP contribution is 2.38. The summed E-state index contributed by atoms with van der Waals surface area (Å²) in [5, 5.41) is 0. The highest BCUT2D eigenvalue weighted by Gasteiger charge is 2.39. The van der Waals surface area contributed by atoms with Crippen LogP contribution in [0.25, 0.3) is 0 Å². The number of hydrogen-bond donors (Lipinski definition) is 1. The predicted octanol–water partition coefficient (Wildman–Crippen LogP) is 2.56. The molecule has 1 saturated carbocycles. The number of likely N-dealkylation sites (N-methyl/N-ethyl adjacent to an activating group) is 1. The fourth-order valence-corrected chi connectivity index (χ4v) is 2.46. The predicted molar refractivity (Wildman–Crippen MR) is 69.8 cm³/mol. The van der Waals surface area contributed by atoms with E-state index in [1.165, 1.54) is 24.1 Å². The summed E-state index contributed by atoms with van der Waals surface area (Å²) >= 11 is 0. The molecule has 16 heavy (non-hydrogen) atoms. The summed E-state index contributed by atoms with van der Waals surface area (Å²) in [7, 11) is 2.13. The number of para-hydroxylation sites is 1. The molecule has 0 saturated heterocycles. The molecule has 0 heterocycles. The van der Waals surface area contributed by atoms with E-state index in [9.17, 15) is 0 Å². The van der Waals surface area contributed by atoms with Gasteiger partial charge in [0.05, 0.1) is 0 Å². The Morgan fingerprint density at radius 2 is 2.00 bits per heavy atom. The number of anilines is 1. The fraction of sp³-hybridized carbons (Fsp3) is 0.571. The highest BCUT2D eigenvalue weighted by atomic mass is 15.1. The average Bonchev–Trinajstić information content (AvgIpc) is 3.00. The van der Waals surface area contributed by atoms with Crippen molar-refractivity contribution in [2.24, 2.45) is 11.7 Å². The molecule has 1 aromatic carbocycles. The maximum absolute atomic E-state index is 6.37. The second-order valence-corrected chi connectivity index (χ2v) is 5.42. The van der Waals surface area contributed by atoms with Gasteiger partial charge in [0.25, 0.3) is 0 Å². The van der Waals surface area contributed by atoms with Crippen molar-refractivity contribution in [3.05, 3.63) is 29.8 Å². The molecular formula is C14H22N2. The van der Waals surface area contributed by atoms with Crippen LogP contribution in [-0.2, 0) is 0 Å². The van der Waals surface area contributed by atoms with Crippen LogP contribution < -0.4 is 10.6 Å². The normalized spacial score (nSPS) is 19.2. The molecule has 0 bridgehead atoms. The highest BCUT2D eigenvalue weighted by molar-refractivity contribution is 5.52. The molecule has 0 aromatic heterocycles. The summed E-state index contributed by atoms with van der Waals surface area (Å²) in [6.45, 7) is 5.26. The quantitative estimate of drug-likeness (QED) is 0.841. The Morgan fingerprint density at radius 1 is 1.38 bits per heavy atom. The summed E-state index contributed by atoms with van der Waals surface area (Å²) in [5.74, 6) is 0.721. The van der Waals surface area contributed by atoms with Crippen LogP contribution in [0.1, 0.15) is 25.3 Å². The third kappa shape index (κ3) is 2.38. The SMILES string of the molecule is Cc1ccccc1N(C)CC(C)(N)C1CC1. The van der Waals surface area contributed by atoms with Gasteiger partial charge in [-0.25, -0.2) is 0 Å². The largest absolute Gasteiger partial charge is 0.373 e. The van der Waals surface area contributed by atoms with Gasteiger partial charge in [0, 0.05) is 24.8 Å². The zero-order valence-electron chi connectivity index (χ0n) is 10.5. The van der Waals surface area contributed by atoms with E-state index < -0.39 is 0 Å². The van der Waals surface area contributed by atoms with E-state index in [0.29, 0.717) is 0 Å². The van der Waals surface area contributed by atoms with Crippen LogP contribution >= 0.6 is 0 Å². The first-order valence-corrected chi connectivity index (χ1v) is 6.06. The Bertz CT molecular complexity index is 367. The second-order valence-electron chi connectivity index (χ2n) is 5.42. The summed E-state index contributed by atoms with van der Waals surface area (Å²) in [4.78, 5) is 2.29. The van der Waals surface area contributed by atoms with Crippen LogP contribution in [0.2, 0.25) is 0 Å². The standard InChI is InChI=1S/C14H22N2/c1-11-6-4-5-7-13(11)16(3)10-14(2,15)12-8-9-12/h4-7,12H,8-10,15H2,1-3H3. The molecule has 1 atom stereocenters. The van der Waals surface area contributed by atoms with E-state index in [1.807, 2.05) is 0 Å². The van der Waals surface area contributed by atoms with E-state index in [1.54, 1.807) is 0 Å². The smallest absolute Gasteiger partial charge is 0.0393 e. The summed E-state index contributed by atoms with van der Waals surface area (Å²) in [6.07, 6.45) is 2.60. The van der Waals surface area contributed by atoms with Crippen molar-refractivity contribution in [2.75, 3.05) is 18.5 Å². The van der Waals surface area contributed by atoms with E-state index in [-0.39, 0.29) is 5.54 Å². The first-order chi connectivity index (χ1) is 7.50. The number of nitrogens with two attached hydrogens (primary N) is 1. The lowest BCUT2D eigenvalue weighted by Crippen LogP contribution is -2.48. The van der Waals surface area contributed by atoms with Gasteiger partial charge in [-0.05, 0) is 44.2 Å². The number of rotatable bonds is 4. The monoisotopic (exact) mass is 218 g/mol. The zero-order valence-corrected chi connectivity index (χ0v) is 10.5. The maximum Gasteiger partial charge on any atom is 0.0393 e. The molecule has 0 aliphatic heterocycles. The molecule has 2 nitrogen and oxygen atoms in total. The summed E-state index contributed by atoms with van der Waals surface area (Å²) in [6, 6.07) is 8.48. The molecule has 1 unspecified atom stereocenters. The van der Waals surface area contributed by atoms with Gasteiger partial charge in [0.1, 0.15) is 0 Å². The lowest BCUT2D eigenvalue weighted by Gasteiger charge is -2.32. The summed E-state index contributed by atoms with van der Waals surface area (Å²) < 4.78 is 0. The molecule has 0 spiro atoms. The van der Waals surface area contributed by atoms with Crippen LogP contribution in [0, 0.1) is 12.8 Å². The molecule has 1 aliphatic rings. The van der Waals surface area contributed by atoms with Crippen LogP contribution in [0.15, 0.2) is 24.3 Å². The van der Waals surface area contributed by atoms with E-state index in [4.69, 9.17) is 5.73 Å². The molecule has 0 radical (unpaired) electrons. The molecule has 2 N–H and O–H groups in total. The summed E-state index contributed by atoms with van der Waals surface area (Å²) in [5.41, 5.74) is 8.93. The molecule has 0 amide bonds. The van der Waals surface area contributed by atoms with E-state index in [2.05, 4.69) is 50.1 Å². The molecular weight excluding hydrogens is 196 g/mol.